The summed E-state index contributed by atoms with van der Waals surface area (Å²) in [4.78, 5) is 16.2. The van der Waals surface area contributed by atoms with Crippen molar-refractivity contribution < 1.29 is 9.21 Å². The minimum Gasteiger partial charge on any atom is -0.455 e. The van der Waals surface area contributed by atoms with E-state index in [4.69, 9.17) is 4.42 Å². The first-order chi connectivity index (χ1) is 10.1. The minimum atomic E-state index is -0.123. The zero-order valence-corrected chi connectivity index (χ0v) is 12.8. The average Bonchev–Trinajstić information content (AvgIpc) is 3.15. The molecule has 2 aromatic heterocycles. The van der Waals surface area contributed by atoms with Gasteiger partial charge < -0.3 is 9.32 Å². The molecule has 0 aliphatic heterocycles. The number of rotatable bonds is 7. The Labute approximate surface area is 124 Å². The molecule has 1 amide bonds. The number of carbonyl (C=O) groups is 1. The third-order valence-corrected chi connectivity index (χ3v) is 3.47. The van der Waals surface area contributed by atoms with Crippen molar-refractivity contribution in [2.75, 3.05) is 20.1 Å². The highest BCUT2D eigenvalue weighted by Crippen LogP contribution is 2.13. The quantitative estimate of drug-likeness (QED) is 0.848. The molecular formula is C15H22N4O2. The van der Waals surface area contributed by atoms with Crippen LogP contribution in [0.1, 0.15) is 35.7 Å². The molecule has 114 valence electrons. The third-order valence-electron chi connectivity index (χ3n) is 3.47. The maximum Gasteiger partial charge on any atom is 0.289 e. The highest BCUT2D eigenvalue weighted by molar-refractivity contribution is 5.91. The van der Waals surface area contributed by atoms with Crippen LogP contribution < -0.4 is 0 Å². The van der Waals surface area contributed by atoms with E-state index in [0.717, 1.165) is 31.0 Å². The summed E-state index contributed by atoms with van der Waals surface area (Å²) in [5.41, 5.74) is 0.959. The van der Waals surface area contributed by atoms with Gasteiger partial charge in [-0.05, 0) is 25.2 Å². The van der Waals surface area contributed by atoms with Gasteiger partial charge in [-0.25, -0.2) is 0 Å². The molecule has 0 aliphatic rings. The number of aromatic amines is 1. The van der Waals surface area contributed by atoms with Crippen LogP contribution >= 0.6 is 0 Å². The lowest BCUT2D eigenvalue weighted by Crippen LogP contribution is -2.25. The first kappa shape index (κ1) is 15.3. The molecule has 21 heavy (non-hydrogen) atoms. The average molecular weight is 290 g/mol. The molecule has 0 unspecified atom stereocenters. The van der Waals surface area contributed by atoms with E-state index in [-0.39, 0.29) is 5.91 Å². The van der Waals surface area contributed by atoms with Gasteiger partial charge in [-0.15, -0.1) is 0 Å². The van der Waals surface area contributed by atoms with Crippen LogP contribution in [0.5, 0.6) is 0 Å². The van der Waals surface area contributed by atoms with Gasteiger partial charge in [0.25, 0.3) is 5.91 Å². The van der Waals surface area contributed by atoms with E-state index < -0.39 is 0 Å². The van der Waals surface area contributed by atoms with Crippen LogP contribution in [0.15, 0.2) is 28.9 Å². The fraction of sp³-hybridized carbons (Fsp3) is 0.467. The Morgan fingerprint density at radius 2 is 2.05 bits per heavy atom. The Morgan fingerprint density at radius 1 is 1.29 bits per heavy atom. The van der Waals surface area contributed by atoms with Gasteiger partial charge in [-0.2, -0.15) is 5.10 Å². The monoisotopic (exact) mass is 290 g/mol. The predicted octanol–water partition coefficient (Wildman–Crippen LogP) is 2.12. The summed E-state index contributed by atoms with van der Waals surface area (Å²) < 4.78 is 5.66. The molecule has 0 fully saturated rings. The smallest absolute Gasteiger partial charge is 0.289 e. The van der Waals surface area contributed by atoms with Crippen LogP contribution in [0.2, 0.25) is 0 Å². The van der Waals surface area contributed by atoms with Crippen molar-refractivity contribution >= 4 is 5.91 Å². The predicted molar refractivity (Wildman–Crippen MR) is 79.7 cm³/mol. The van der Waals surface area contributed by atoms with Crippen LogP contribution in [0.4, 0.5) is 0 Å². The summed E-state index contributed by atoms with van der Waals surface area (Å²) in [6.45, 7) is 7.36. The number of aromatic nitrogens is 2. The number of amides is 1. The molecule has 1 N–H and O–H groups in total. The zero-order valence-electron chi connectivity index (χ0n) is 12.8. The summed E-state index contributed by atoms with van der Waals surface area (Å²) in [6.07, 6.45) is 3.48. The molecule has 0 radical (unpaired) electrons. The molecule has 0 saturated heterocycles. The number of carbonyl (C=O) groups excluding carboxylic acids is 1. The van der Waals surface area contributed by atoms with Gasteiger partial charge in [0, 0.05) is 25.4 Å². The highest BCUT2D eigenvalue weighted by atomic mass is 16.4. The Balaban J connectivity index is 1.98. The first-order valence-electron chi connectivity index (χ1n) is 7.18. The lowest BCUT2D eigenvalue weighted by atomic mass is 10.3. The van der Waals surface area contributed by atoms with E-state index in [1.165, 1.54) is 0 Å². The van der Waals surface area contributed by atoms with Crippen LogP contribution in [0, 0.1) is 0 Å². The van der Waals surface area contributed by atoms with Gasteiger partial charge in [-0.3, -0.25) is 14.8 Å². The Morgan fingerprint density at radius 3 is 2.67 bits per heavy atom. The molecule has 0 aliphatic carbocycles. The fourth-order valence-corrected chi connectivity index (χ4v) is 2.14. The van der Waals surface area contributed by atoms with Crippen molar-refractivity contribution in [2.45, 2.75) is 26.9 Å². The van der Waals surface area contributed by atoms with Gasteiger partial charge in [0.05, 0.1) is 12.7 Å². The number of H-pyrrole nitrogens is 1. The van der Waals surface area contributed by atoms with E-state index in [9.17, 15) is 4.79 Å². The molecule has 0 bridgehead atoms. The maximum atomic E-state index is 12.3. The normalized spacial score (nSPS) is 11.0. The molecule has 2 heterocycles. The minimum absolute atomic E-state index is 0.123. The molecule has 2 aromatic rings. The lowest BCUT2D eigenvalue weighted by molar-refractivity contribution is 0.0749. The molecular weight excluding hydrogens is 268 g/mol. The number of nitrogens with zero attached hydrogens (tertiary/aromatic N) is 3. The first-order valence-corrected chi connectivity index (χ1v) is 7.18. The third kappa shape index (κ3) is 3.95. The SMILES string of the molecule is CCN(CC)Cc1ccc(C(=O)N(C)Cc2cn[nH]c2)o1. The number of hydrogen-bond donors (Lipinski definition) is 1. The van der Waals surface area contributed by atoms with Gasteiger partial charge in [0.15, 0.2) is 5.76 Å². The van der Waals surface area contributed by atoms with E-state index in [2.05, 4.69) is 28.9 Å². The molecule has 0 aromatic carbocycles. The van der Waals surface area contributed by atoms with Gasteiger partial charge >= 0.3 is 0 Å². The van der Waals surface area contributed by atoms with Crippen LogP contribution in [0.3, 0.4) is 0 Å². The summed E-state index contributed by atoms with van der Waals surface area (Å²) in [5, 5.41) is 6.61. The Hall–Kier alpha value is -2.08. The second kappa shape index (κ2) is 7.08. The van der Waals surface area contributed by atoms with E-state index in [0.29, 0.717) is 12.3 Å². The topological polar surface area (TPSA) is 65.4 Å². The van der Waals surface area contributed by atoms with Crippen molar-refractivity contribution in [1.29, 1.82) is 0 Å². The molecule has 0 atom stereocenters. The standard InChI is InChI=1S/C15H22N4O2/c1-4-19(5-2)11-13-6-7-14(21-13)15(20)18(3)10-12-8-16-17-9-12/h6-9H,4-5,10-11H2,1-3H3,(H,16,17). The fourth-order valence-electron chi connectivity index (χ4n) is 2.14. The van der Waals surface area contributed by atoms with Crippen LogP contribution in [0.25, 0.3) is 0 Å². The zero-order chi connectivity index (χ0) is 15.2. The molecule has 6 nitrogen and oxygen atoms in total. The second-order valence-electron chi connectivity index (χ2n) is 5.00. The number of hydrogen-bond acceptors (Lipinski definition) is 4. The van der Waals surface area contributed by atoms with E-state index in [1.807, 2.05) is 6.07 Å². The van der Waals surface area contributed by atoms with Crippen molar-refractivity contribution in [2.24, 2.45) is 0 Å². The molecule has 0 spiro atoms. The van der Waals surface area contributed by atoms with Crippen LogP contribution in [-0.2, 0) is 13.1 Å². The molecule has 0 saturated carbocycles. The number of furan rings is 1. The van der Waals surface area contributed by atoms with E-state index >= 15 is 0 Å². The Bertz CT molecular complexity index is 558. The van der Waals surface area contributed by atoms with Crippen molar-refractivity contribution in [3.05, 3.63) is 41.6 Å². The highest BCUT2D eigenvalue weighted by Gasteiger charge is 2.17. The van der Waals surface area contributed by atoms with E-state index in [1.54, 1.807) is 30.4 Å². The molecule has 6 heteroatoms. The van der Waals surface area contributed by atoms with Gasteiger partial charge in [0.2, 0.25) is 0 Å². The van der Waals surface area contributed by atoms with Crippen molar-refractivity contribution in [1.82, 2.24) is 20.0 Å². The second-order valence-corrected chi connectivity index (χ2v) is 5.00. The Kier molecular flexibility index (Phi) is 5.16. The summed E-state index contributed by atoms with van der Waals surface area (Å²) in [6, 6.07) is 3.62. The lowest BCUT2D eigenvalue weighted by Gasteiger charge is -2.16. The largest absolute Gasteiger partial charge is 0.455 e. The summed E-state index contributed by atoms with van der Waals surface area (Å²) in [5.74, 6) is 1.07. The van der Waals surface area contributed by atoms with Gasteiger partial charge in [-0.1, -0.05) is 13.8 Å². The maximum absolute atomic E-state index is 12.3. The van der Waals surface area contributed by atoms with Crippen molar-refractivity contribution in [3.8, 4) is 0 Å². The summed E-state index contributed by atoms with van der Waals surface area (Å²) in [7, 11) is 1.75. The van der Waals surface area contributed by atoms with Gasteiger partial charge in [0.1, 0.15) is 5.76 Å². The summed E-state index contributed by atoms with van der Waals surface area (Å²) >= 11 is 0. The van der Waals surface area contributed by atoms with Crippen LogP contribution in [-0.4, -0.2) is 46.0 Å². The number of nitrogens with one attached hydrogen (secondary N) is 1. The van der Waals surface area contributed by atoms with Crippen molar-refractivity contribution in [3.63, 3.8) is 0 Å². The molecule has 2 rings (SSSR count).